The van der Waals surface area contributed by atoms with Gasteiger partial charge in [0.15, 0.2) is 12.4 Å². The molecule has 31 heavy (non-hydrogen) atoms. The van der Waals surface area contributed by atoms with Gasteiger partial charge in [0.2, 0.25) is 16.9 Å². The number of carbonyl (C=O) groups is 1. The fraction of sp³-hybridized carbons (Fsp3) is 0.200. The van der Waals surface area contributed by atoms with E-state index in [9.17, 15) is 9.59 Å². The molecule has 0 bridgehead atoms. The molecule has 4 rings (SSSR count). The van der Waals surface area contributed by atoms with Crippen molar-refractivity contribution >= 4 is 16.9 Å². The molecule has 2 heterocycles. The van der Waals surface area contributed by atoms with E-state index in [0.29, 0.717) is 29.7 Å². The van der Waals surface area contributed by atoms with Crippen LogP contribution in [-0.4, -0.2) is 19.1 Å². The highest BCUT2D eigenvalue weighted by molar-refractivity contribution is 5.83. The highest BCUT2D eigenvalue weighted by Crippen LogP contribution is 2.32. The second-order valence-electron chi connectivity index (χ2n) is 7.37. The van der Waals surface area contributed by atoms with Crippen molar-refractivity contribution in [2.45, 2.75) is 20.3 Å². The zero-order valence-electron chi connectivity index (χ0n) is 17.4. The van der Waals surface area contributed by atoms with Gasteiger partial charge >= 0.3 is 0 Å². The monoisotopic (exact) mass is 417 g/mol. The molecule has 0 spiro atoms. The molecule has 1 amide bonds. The Morgan fingerprint density at radius 2 is 1.81 bits per heavy atom. The zero-order valence-corrected chi connectivity index (χ0v) is 17.4. The molecule has 6 heteroatoms. The molecule has 158 valence electrons. The van der Waals surface area contributed by atoms with Gasteiger partial charge in [-0.25, -0.2) is 0 Å². The van der Waals surface area contributed by atoms with Gasteiger partial charge in [0.1, 0.15) is 5.58 Å². The summed E-state index contributed by atoms with van der Waals surface area (Å²) in [6, 6.07) is 16.8. The number of carbonyl (C=O) groups excluding carboxylic acids is 1. The minimum absolute atomic E-state index is 0.0380. The quantitative estimate of drug-likeness (QED) is 0.482. The third-order valence-corrected chi connectivity index (χ3v) is 5.14. The summed E-state index contributed by atoms with van der Waals surface area (Å²) in [4.78, 5) is 25.4. The van der Waals surface area contributed by atoms with E-state index >= 15 is 0 Å². The van der Waals surface area contributed by atoms with Crippen LogP contribution in [0.2, 0.25) is 0 Å². The molecule has 0 aliphatic heterocycles. The van der Waals surface area contributed by atoms with Crippen LogP contribution < -0.4 is 15.5 Å². The molecule has 0 aliphatic carbocycles. The van der Waals surface area contributed by atoms with Gasteiger partial charge in [0.05, 0.1) is 11.6 Å². The lowest BCUT2D eigenvalue weighted by Crippen LogP contribution is -2.31. The molecule has 0 saturated heterocycles. The molecule has 6 nitrogen and oxygen atoms in total. The van der Waals surface area contributed by atoms with Crippen LogP contribution in [0.4, 0.5) is 0 Å². The number of hydrogen-bond acceptors (Lipinski definition) is 5. The maximum atomic E-state index is 13.2. The van der Waals surface area contributed by atoms with Gasteiger partial charge in [0.25, 0.3) is 5.91 Å². The van der Waals surface area contributed by atoms with E-state index in [-0.39, 0.29) is 29.5 Å². The van der Waals surface area contributed by atoms with Crippen LogP contribution in [0.15, 0.2) is 74.5 Å². The van der Waals surface area contributed by atoms with Crippen LogP contribution in [0.25, 0.3) is 22.5 Å². The SMILES string of the molecule is Cc1cc2oc(-c3ccco3)c(OCC(=O)NCCc3ccccc3)c(=O)c2cc1C. The molecular weight excluding hydrogens is 394 g/mol. The van der Waals surface area contributed by atoms with Crippen molar-refractivity contribution in [1.29, 1.82) is 0 Å². The summed E-state index contributed by atoms with van der Waals surface area (Å²) in [5, 5.41) is 3.21. The Hall–Kier alpha value is -3.80. The first-order valence-corrected chi connectivity index (χ1v) is 10.1. The number of amides is 1. The largest absolute Gasteiger partial charge is 0.476 e. The van der Waals surface area contributed by atoms with Crippen LogP contribution >= 0.6 is 0 Å². The predicted molar refractivity (Wildman–Crippen MR) is 118 cm³/mol. The summed E-state index contributed by atoms with van der Waals surface area (Å²) in [5.74, 6) is 0.171. The average molecular weight is 417 g/mol. The van der Waals surface area contributed by atoms with Gasteiger partial charge in [0, 0.05) is 6.54 Å². The van der Waals surface area contributed by atoms with E-state index in [1.807, 2.05) is 50.2 Å². The van der Waals surface area contributed by atoms with E-state index < -0.39 is 0 Å². The average Bonchev–Trinajstić information content (AvgIpc) is 3.30. The number of hydrogen-bond donors (Lipinski definition) is 1. The molecular formula is C25H23NO5. The second kappa shape index (κ2) is 8.92. The lowest BCUT2D eigenvalue weighted by molar-refractivity contribution is -0.123. The molecule has 0 radical (unpaired) electrons. The molecule has 0 atom stereocenters. The van der Waals surface area contributed by atoms with E-state index in [4.69, 9.17) is 13.6 Å². The number of fused-ring (bicyclic) bond motifs is 1. The summed E-state index contributed by atoms with van der Waals surface area (Å²) < 4.78 is 17.1. The molecule has 2 aromatic carbocycles. The number of ether oxygens (including phenoxy) is 1. The fourth-order valence-electron chi connectivity index (χ4n) is 3.31. The van der Waals surface area contributed by atoms with Gasteiger partial charge in [-0.3, -0.25) is 9.59 Å². The Kier molecular flexibility index (Phi) is 5.89. The highest BCUT2D eigenvalue weighted by atomic mass is 16.5. The van der Waals surface area contributed by atoms with E-state index in [1.54, 1.807) is 18.2 Å². The van der Waals surface area contributed by atoms with Crippen LogP contribution in [0.1, 0.15) is 16.7 Å². The highest BCUT2D eigenvalue weighted by Gasteiger charge is 2.21. The van der Waals surface area contributed by atoms with Gasteiger partial charge in [-0.2, -0.15) is 0 Å². The topological polar surface area (TPSA) is 81.7 Å². The van der Waals surface area contributed by atoms with Gasteiger partial charge < -0.3 is 18.9 Å². The third-order valence-electron chi connectivity index (χ3n) is 5.14. The Morgan fingerprint density at radius 1 is 1.03 bits per heavy atom. The summed E-state index contributed by atoms with van der Waals surface area (Å²) in [7, 11) is 0. The lowest BCUT2D eigenvalue weighted by Gasteiger charge is -2.11. The number of furan rings is 1. The van der Waals surface area contributed by atoms with Crippen molar-refractivity contribution in [3.8, 4) is 17.3 Å². The van der Waals surface area contributed by atoms with Crippen molar-refractivity contribution < 1.29 is 18.4 Å². The first kappa shape index (κ1) is 20.5. The summed E-state index contributed by atoms with van der Waals surface area (Å²) in [6.07, 6.45) is 2.20. The summed E-state index contributed by atoms with van der Waals surface area (Å²) in [5.41, 5.74) is 3.21. The Bertz CT molecular complexity index is 1260. The molecule has 0 aliphatic rings. The smallest absolute Gasteiger partial charge is 0.257 e. The van der Waals surface area contributed by atoms with Gasteiger partial charge in [-0.05, 0) is 61.2 Å². The van der Waals surface area contributed by atoms with E-state index in [1.165, 1.54) is 6.26 Å². The zero-order chi connectivity index (χ0) is 21.8. The molecule has 0 unspecified atom stereocenters. The van der Waals surface area contributed by atoms with Crippen molar-refractivity contribution in [2.75, 3.05) is 13.2 Å². The lowest BCUT2D eigenvalue weighted by atomic mass is 10.1. The van der Waals surface area contributed by atoms with Crippen LogP contribution in [0, 0.1) is 13.8 Å². The Balaban J connectivity index is 1.55. The normalized spacial score (nSPS) is 10.9. The van der Waals surface area contributed by atoms with Crippen molar-refractivity contribution in [1.82, 2.24) is 5.32 Å². The van der Waals surface area contributed by atoms with Crippen molar-refractivity contribution in [3.63, 3.8) is 0 Å². The maximum absolute atomic E-state index is 13.2. The van der Waals surface area contributed by atoms with Gasteiger partial charge in [-0.1, -0.05) is 30.3 Å². The standard InChI is InChI=1S/C25H23NO5/c1-16-13-19-21(14-17(16)2)31-24(20-9-6-12-29-20)25(23(19)28)30-15-22(27)26-11-10-18-7-4-3-5-8-18/h3-9,12-14H,10-11,15H2,1-2H3,(H,26,27). The van der Waals surface area contributed by atoms with Crippen molar-refractivity contribution in [2.24, 2.45) is 0 Å². The molecule has 0 saturated carbocycles. The Labute approximate surface area is 179 Å². The second-order valence-corrected chi connectivity index (χ2v) is 7.37. The minimum atomic E-state index is -0.340. The maximum Gasteiger partial charge on any atom is 0.257 e. The minimum Gasteiger partial charge on any atom is -0.476 e. The number of benzene rings is 2. The first-order valence-electron chi connectivity index (χ1n) is 10.1. The van der Waals surface area contributed by atoms with E-state index in [2.05, 4.69) is 5.32 Å². The van der Waals surface area contributed by atoms with E-state index in [0.717, 1.165) is 16.7 Å². The number of aryl methyl sites for hydroxylation is 2. The third kappa shape index (κ3) is 4.53. The molecule has 4 aromatic rings. The van der Waals surface area contributed by atoms with Crippen LogP contribution in [-0.2, 0) is 11.2 Å². The first-order chi connectivity index (χ1) is 15.0. The van der Waals surface area contributed by atoms with Crippen LogP contribution in [0.5, 0.6) is 5.75 Å². The van der Waals surface area contributed by atoms with Crippen LogP contribution in [0.3, 0.4) is 0 Å². The molecule has 2 aromatic heterocycles. The van der Waals surface area contributed by atoms with Gasteiger partial charge in [-0.15, -0.1) is 0 Å². The number of nitrogens with one attached hydrogen (secondary N) is 1. The Morgan fingerprint density at radius 3 is 2.55 bits per heavy atom. The van der Waals surface area contributed by atoms with Crippen molar-refractivity contribution in [3.05, 3.63) is 87.8 Å². The fourth-order valence-corrected chi connectivity index (χ4v) is 3.31. The summed E-state index contributed by atoms with van der Waals surface area (Å²) >= 11 is 0. The number of rotatable bonds is 7. The predicted octanol–water partition coefficient (Wildman–Crippen LogP) is 4.41. The molecule has 0 fully saturated rings. The summed E-state index contributed by atoms with van der Waals surface area (Å²) in [6.45, 7) is 4.05. The molecule has 1 N–H and O–H groups in total.